The molecule has 0 amide bonds. The Bertz CT molecular complexity index is 2110. The van der Waals surface area contributed by atoms with Crippen molar-refractivity contribution >= 4 is 21.7 Å². The molecule has 1 aliphatic rings. The van der Waals surface area contributed by atoms with Crippen molar-refractivity contribution in [3.8, 4) is 44.9 Å². The summed E-state index contributed by atoms with van der Waals surface area (Å²) in [5, 5.41) is 3.64. The summed E-state index contributed by atoms with van der Waals surface area (Å²) in [5.74, 6) is 0.743. The van der Waals surface area contributed by atoms with Crippen LogP contribution in [0.15, 0.2) is 133 Å². The highest BCUT2D eigenvalue weighted by Gasteiger charge is 2.36. The molecule has 0 aliphatic heterocycles. The van der Waals surface area contributed by atoms with Gasteiger partial charge in [0.1, 0.15) is 0 Å². The highest BCUT2D eigenvalue weighted by atomic mass is 14.9. The predicted molar refractivity (Wildman–Crippen MR) is 171 cm³/mol. The van der Waals surface area contributed by atoms with Gasteiger partial charge in [0.2, 0.25) is 0 Å². The zero-order chi connectivity index (χ0) is 27.6. The maximum atomic E-state index is 5.20. The predicted octanol–water partition coefficient (Wildman–Crippen LogP) is 10.1. The van der Waals surface area contributed by atoms with Crippen LogP contribution in [0.5, 0.6) is 0 Å². The molecule has 2 nitrogen and oxygen atoms in total. The first kappa shape index (κ1) is 23.8. The van der Waals surface area contributed by atoms with Crippen LogP contribution in [-0.4, -0.2) is 9.97 Å². The molecule has 0 saturated heterocycles. The van der Waals surface area contributed by atoms with Gasteiger partial charge in [0.15, 0.2) is 5.82 Å². The summed E-state index contributed by atoms with van der Waals surface area (Å²) < 4.78 is 0. The van der Waals surface area contributed by atoms with Gasteiger partial charge in [0.25, 0.3) is 0 Å². The van der Waals surface area contributed by atoms with Crippen LogP contribution in [-0.2, 0) is 5.41 Å². The Labute approximate surface area is 240 Å². The lowest BCUT2D eigenvalue weighted by atomic mass is 9.81. The fourth-order valence-corrected chi connectivity index (χ4v) is 6.44. The number of nitrogens with zero attached hydrogens (tertiary/aromatic N) is 2. The molecule has 8 rings (SSSR count). The number of rotatable bonds is 3. The van der Waals surface area contributed by atoms with Gasteiger partial charge in [0.05, 0.1) is 11.2 Å². The van der Waals surface area contributed by atoms with Crippen molar-refractivity contribution in [3.63, 3.8) is 0 Å². The highest BCUT2D eigenvalue weighted by Crippen LogP contribution is 2.51. The molecule has 194 valence electrons. The minimum atomic E-state index is -0.107. The van der Waals surface area contributed by atoms with Crippen LogP contribution in [0.25, 0.3) is 66.6 Å². The topological polar surface area (TPSA) is 25.8 Å². The van der Waals surface area contributed by atoms with Gasteiger partial charge in [-0.15, -0.1) is 0 Å². The molecule has 0 unspecified atom stereocenters. The fraction of sp³-hybridized carbons (Fsp3) is 0.0769. The van der Waals surface area contributed by atoms with Crippen molar-refractivity contribution in [1.82, 2.24) is 9.97 Å². The summed E-state index contributed by atoms with van der Waals surface area (Å²) in [5.41, 5.74) is 11.7. The smallest absolute Gasteiger partial charge is 0.160 e. The minimum Gasteiger partial charge on any atom is -0.228 e. The average Bonchev–Trinajstić information content (AvgIpc) is 3.25. The lowest BCUT2D eigenvalue weighted by Crippen LogP contribution is -2.15. The van der Waals surface area contributed by atoms with E-state index >= 15 is 0 Å². The Morgan fingerprint density at radius 1 is 0.463 bits per heavy atom. The van der Waals surface area contributed by atoms with E-state index in [9.17, 15) is 0 Å². The van der Waals surface area contributed by atoms with E-state index in [4.69, 9.17) is 9.97 Å². The summed E-state index contributed by atoms with van der Waals surface area (Å²) in [7, 11) is 0. The molecular formula is C39H28N2. The first-order chi connectivity index (χ1) is 20.1. The van der Waals surface area contributed by atoms with Crippen LogP contribution >= 0.6 is 0 Å². The zero-order valence-electron chi connectivity index (χ0n) is 23.1. The Balaban J connectivity index is 1.27. The summed E-state index contributed by atoms with van der Waals surface area (Å²) in [6.45, 7) is 4.68. The molecule has 0 spiro atoms. The van der Waals surface area contributed by atoms with E-state index in [2.05, 4.69) is 141 Å². The lowest BCUT2D eigenvalue weighted by Gasteiger charge is -2.22. The van der Waals surface area contributed by atoms with E-state index in [-0.39, 0.29) is 5.41 Å². The van der Waals surface area contributed by atoms with Gasteiger partial charge < -0.3 is 0 Å². The molecule has 0 fully saturated rings. The Kier molecular flexibility index (Phi) is 5.20. The van der Waals surface area contributed by atoms with Crippen LogP contribution in [0.4, 0.5) is 0 Å². The van der Waals surface area contributed by atoms with E-state index in [0.29, 0.717) is 0 Å². The summed E-state index contributed by atoms with van der Waals surface area (Å²) in [6.07, 6.45) is 0. The van der Waals surface area contributed by atoms with Crippen molar-refractivity contribution in [2.45, 2.75) is 19.3 Å². The van der Waals surface area contributed by atoms with Crippen molar-refractivity contribution in [3.05, 3.63) is 145 Å². The van der Waals surface area contributed by atoms with Gasteiger partial charge in [0, 0.05) is 21.9 Å². The van der Waals surface area contributed by atoms with Crippen molar-refractivity contribution in [2.24, 2.45) is 0 Å². The largest absolute Gasteiger partial charge is 0.228 e. The van der Waals surface area contributed by atoms with Crippen LogP contribution in [0.1, 0.15) is 25.0 Å². The zero-order valence-corrected chi connectivity index (χ0v) is 23.1. The maximum absolute atomic E-state index is 5.20. The second-order valence-corrected chi connectivity index (χ2v) is 11.5. The van der Waals surface area contributed by atoms with E-state index < -0.39 is 0 Å². The molecule has 0 N–H and O–H groups in total. The van der Waals surface area contributed by atoms with E-state index in [1.54, 1.807) is 0 Å². The first-order valence-corrected chi connectivity index (χ1v) is 14.2. The van der Waals surface area contributed by atoms with Crippen molar-refractivity contribution < 1.29 is 0 Å². The minimum absolute atomic E-state index is 0.107. The highest BCUT2D eigenvalue weighted by molar-refractivity contribution is 5.97. The third-order valence-electron chi connectivity index (χ3n) is 8.67. The van der Waals surface area contributed by atoms with Crippen molar-refractivity contribution in [2.75, 3.05) is 0 Å². The van der Waals surface area contributed by atoms with Gasteiger partial charge in [-0.25, -0.2) is 9.97 Å². The molecule has 1 aliphatic carbocycles. The van der Waals surface area contributed by atoms with Crippen LogP contribution in [0.2, 0.25) is 0 Å². The van der Waals surface area contributed by atoms with Crippen molar-refractivity contribution in [1.29, 1.82) is 0 Å². The molecule has 7 aromatic rings. The number of fused-ring (bicyclic) bond motifs is 5. The Morgan fingerprint density at radius 3 is 1.88 bits per heavy atom. The molecule has 0 bridgehead atoms. The van der Waals surface area contributed by atoms with Crippen LogP contribution in [0, 0.1) is 0 Å². The molecule has 0 saturated carbocycles. The SMILES string of the molecule is CC1(C)c2cc(-c3nc(-c4ccc(-c5ccccc5)cc4)nc4ccccc34)ccc2-c2cc3ccccc3cc21. The van der Waals surface area contributed by atoms with Crippen LogP contribution < -0.4 is 0 Å². The van der Waals surface area contributed by atoms with Gasteiger partial charge in [-0.3, -0.25) is 0 Å². The molecule has 0 radical (unpaired) electrons. The van der Waals surface area contributed by atoms with Gasteiger partial charge in [-0.05, 0) is 68.4 Å². The number of hydrogen-bond acceptors (Lipinski definition) is 2. The number of aromatic nitrogens is 2. The van der Waals surface area contributed by atoms with E-state index in [1.807, 2.05) is 6.07 Å². The summed E-state index contributed by atoms with van der Waals surface area (Å²) >= 11 is 0. The summed E-state index contributed by atoms with van der Waals surface area (Å²) in [6, 6.07) is 47.6. The first-order valence-electron chi connectivity index (χ1n) is 14.2. The normalized spacial score (nSPS) is 13.3. The Hall–Kier alpha value is -5.08. The molecule has 41 heavy (non-hydrogen) atoms. The third kappa shape index (κ3) is 3.79. The second kappa shape index (κ2) is 8.97. The summed E-state index contributed by atoms with van der Waals surface area (Å²) in [4.78, 5) is 10.2. The third-order valence-corrected chi connectivity index (χ3v) is 8.67. The lowest BCUT2D eigenvalue weighted by molar-refractivity contribution is 0.661. The number of hydrogen-bond donors (Lipinski definition) is 0. The molecule has 6 aromatic carbocycles. The number of para-hydroxylation sites is 1. The Morgan fingerprint density at radius 2 is 1.07 bits per heavy atom. The standard InChI is InChI=1S/C39H28N2/c1-39(2)34-24-30(20-21-31(34)33-22-28-12-6-7-13-29(28)23-35(33)39)37-32-14-8-9-15-36(32)40-38(41-37)27-18-16-26(17-19-27)25-10-4-3-5-11-25/h3-24H,1-2H3. The fourth-order valence-electron chi connectivity index (χ4n) is 6.44. The molecule has 1 aromatic heterocycles. The second-order valence-electron chi connectivity index (χ2n) is 11.5. The average molecular weight is 525 g/mol. The molecule has 0 atom stereocenters. The van der Waals surface area contributed by atoms with Gasteiger partial charge in [-0.2, -0.15) is 0 Å². The molecular weight excluding hydrogens is 496 g/mol. The molecule has 1 heterocycles. The quantitative estimate of drug-likeness (QED) is 0.230. The van der Waals surface area contributed by atoms with Gasteiger partial charge in [-0.1, -0.05) is 123 Å². The van der Waals surface area contributed by atoms with E-state index in [0.717, 1.165) is 33.5 Å². The molecule has 2 heteroatoms. The van der Waals surface area contributed by atoms with E-state index in [1.165, 1.54) is 44.2 Å². The monoisotopic (exact) mass is 524 g/mol. The number of benzene rings is 6. The maximum Gasteiger partial charge on any atom is 0.160 e. The van der Waals surface area contributed by atoms with Crippen LogP contribution in [0.3, 0.4) is 0 Å². The van der Waals surface area contributed by atoms with Gasteiger partial charge >= 0.3 is 0 Å².